The van der Waals surface area contributed by atoms with Crippen molar-refractivity contribution in [3.8, 4) is 0 Å². The monoisotopic (exact) mass is 472 g/mol. The largest absolute Gasteiger partial charge is 0.458 e. The maximum absolute atomic E-state index is 12.8. The summed E-state index contributed by atoms with van der Waals surface area (Å²) in [5.74, 6) is -2.03. The summed E-state index contributed by atoms with van der Waals surface area (Å²) in [5, 5.41) is 0. The van der Waals surface area contributed by atoms with Crippen molar-refractivity contribution in [3.63, 3.8) is 0 Å². The molecule has 0 radical (unpaired) electrons. The van der Waals surface area contributed by atoms with Crippen molar-refractivity contribution in [1.29, 1.82) is 0 Å². The van der Waals surface area contributed by atoms with Gasteiger partial charge in [0, 0.05) is 12.0 Å². The Balaban J connectivity index is 1.59. The molecular weight excluding hydrogens is 444 g/mol. The van der Waals surface area contributed by atoms with Crippen LogP contribution in [0.15, 0.2) is 96.6 Å². The Kier molecular flexibility index (Phi) is 7.30. The van der Waals surface area contributed by atoms with Gasteiger partial charge in [0.2, 0.25) is 0 Å². The van der Waals surface area contributed by atoms with Crippen LogP contribution in [0.5, 0.6) is 0 Å². The second-order valence-electron chi connectivity index (χ2n) is 8.90. The van der Waals surface area contributed by atoms with Gasteiger partial charge >= 0.3 is 17.9 Å². The molecule has 1 aliphatic heterocycles. The number of fused-ring (bicyclic) bond motifs is 1. The zero-order valence-corrected chi connectivity index (χ0v) is 19.6. The van der Waals surface area contributed by atoms with E-state index in [1.54, 1.807) is 48.5 Å². The van der Waals surface area contributed by atoms with Crippen molar-refractivity contribution >= 4 is 17.9 Å². The van der Waals surface area contributed by atoms with Crippen LogP contribution in [0.2, 0.25) is 0 Å². The summed E-state index contributed by atoms with van der Waals surface area (Å²) in [6, 6.07) is 17.5. The van der Waals surface area contributed by atoms with Crippen LogP contribution in [-0.2, 0) is 19.0 Å². The van der Waals surface area contributed by atoms with Gasteiger partial charge in [0.15, 0.2) is 0 Å². The van der Waals surface area contributed by atoms with E-state index in [1.807, 2.05) is 25.1 Å². The zero-order valence-electron chi connectivity index (χ0n) is 19.6. The van der Waals surface area contributed by atoms with Gasteiger partial charge < -0.3 is 14.2 Å². The van der Waals surface area contributed by atoms with E-state index in [-0.39, 0.29) is 12.0 Å². The van der Waals surface area contributed by atoms with Crippen molar-refractivity contribution in [1.82, 2.24) is 0 Å². The highest BCUT2D eigenvalue weighted by molar-refractivity contribution is 5.92. The molecule has 6 nitrogen and oxygen atoms in total. The van der Waals surface area contributed by atoms with Gasteiger partial charge in [-0.2, -0.15) is 0 Å². The predicted molar refractivity (Wildman–Crippen MR) is 131 cm³/mol. The second-order valence-corrected chi connectivity index (χ2v) is 8.90. The minimum absolute atomic E-state index is 0.246. The SMILES string of the molecule is C=C1C(=O)O[C@@H]2CC(=C)[C@H](OC(=O)c3ccccc3)CC/C(C)=C/[C@H](OC(=O)c3ccccc3)[C@@H]12. The van der Waals surface area contributed by atoms with Gasteiger partial charge in [0.25, 0.3) is 0 Å². The van der Waals surface area contributed by atoms with E-state index in [2.05, 4.69) is 13.2 Å². The predicted octanol–water partition coefficient (Wildman–Crippen LogP) is 5.22. The summed E-state index contributed by atoms with van der Waals surface area (Å²) in [4.78, 5) is 38.0. The molecule has 2 aromatic carbocycles. The standard InChI is InChI=1S/C29H28O6/c1-18-14-15-23(33-28(31)21-10-6-4-7-11-21)19(2)17-25-26(20(3)27(30)34-25)24(16-18)35-29(32)22-12-8-5-9-13-22/h4-13,16,23-26H,2-3,14-15,17H2,1H3/b18-16+/t23-,24+,25-,26-/m1/s1. The molecule has 0 unspecified atom stereocenters. The number of rotatable bonds is 4. The number of ether oxygens (including phenoxy) is 3. The van der Waals surface area contributed by atoms with Crippen molar-refractivity contribution in [3.05, 3.63) is 108 Å². The lowest BCUT2D eigenvalue weighted by molar-refractivity contribution is -0.139. The molecule has 0 aromatic heterocycles. The Labute approximate surface area is 204 Å². The van der Waals surface area contributed by atoms with Gasteiger partial charge in [0.1, 0.15) is 18.3 Å². The fourth-order valence-corrected chi connectivity index (χ4v) is 4.43. The van der Waals surface area contributed by atoms with Gasteiger partial charge in [-0.1, -0.05) is 55.1 Å². The summed E-state index contributed by atoms with van der Waals surface area (Å²) < 4.78 is 17.3. The second kappa shape index (κ2) is 10.6. The fourth-order valence-electron chi connectivity index (χ4n) is 4.43. The molecule has 2 aliphatic rings. The van der Waals surface area contributed by atoms with Crippen molar-refractivity contribution in [2.45, 2.75) is 44.5 Å². The number of benzene rings is 2. The van der Waals surface area contributed by atoms with Crippen LogP contribution in [0.25, 0.3) is 0 Å². The average molecular weight is 473 g/mol. The lowest BCUT2D eigenvalue weighted by Gasteiger charge is -2.29. The molecule has 1 saturated heterocycles. The first-order valence-electron chi connectivity index (χ1n) is 11.6. The van der Waals surface area contributed by atoms with Crippen LogP contribution in [0.3, 0.4) is 0 Å². The number of allylic oxidation sites excluding steroid dienone is 1. The fraction of sp³-hybridized carbons (Fsp3) is 0.276. The van der Waals surface area contributed by atoms with E-state index in [1.165, 1.54) is 0 Å². The summed E-state index contributed by atoms with van der Waals surface area (Å²) in [6.07, 6.45) is 1.26. The molecule has 180 valence electrons. The average Bonchev–Trinajstić information content (AvgIpc) is 3.14. The topological polar surface area (TPSA) is 78.9 Å². The summed E-state index contributed by atoms with van der Waals surface area (Å²) in [7, 11) is 0. The van der Waals surface area contributed by atoms with E-state index in [0.717, 1.165) is 5.57 Å². The van der Waals surface area contributed by atoms with Crippen molar-refractivity contribution in [2.24, 2.45) is 5.92 Å². The first kappa shape index (κ1) is 24.2. The molecule has 4 atom stereocenters. The number of esters is 3. The molecule has 35 heavy (non-hydrogen) atoms. The molecule has 0 saturated carbocycles. The number of hydrogen-bond acceptors (Lipinski definition) is 6. The quantitative estimate of drug-likeness (QED) is 0.263. The molecule has 0 amide bonds. The van der Waals surface area contributed by atoms with Gasteiger partial charge in [-0.3, -0.25) is 0 Å². The molecule has 0 bridgehead atoms. The van der Waals surface area contributed by atoms with Crippen LogP contribution in [0.1, 0.15) is 46.9 Å². The normalized spacial score (nSPS) is 26.1. The Morgan fingerprint density at radius 2 is 1.49 bits per heavy atom. The van der Waals surface area contributed by atoms with E-state index in [9.17, 15) is 14.4 Å². The third kappa shape index (κ3) is 5.60. The van der Waals surface area contributed by atoms with Gasteiger partial charge in [-0.15, -0.1) is 0 Å². The molecule has 6 heteroatoms. The van der Waals surface area contributed by atoms with Gasteiger partial charge in [-0.05, 0) is 55.7 Å². The molecule has 1 aliphatic carbocycles. The highest BCUT2D eigenvalue weighted by Crippen LogP contribution is 2.38. The van der Waals surface area contributed by atoms with Crippen LogP contribution < -0.4 is 0 Å². The molecule has 2 aromatic rings. The Hall–Kier alpha value is -3.93. The van der Waals surface area contributed by atoms with Gasteiger partial charge in [-0.25, -0.2) is 14.4 Å². The van der Waals surface area contributed by atoms with Gasteiger partial charge in [0.05, 0.1) is 17.0 Å². The molecule has 0 N–H and O–H groups in total. The zero-order chi connectivity index (χ0) is 24.9. The van der Waals surface area contributed by atoms with Crippen molar-refractivity contribution in [2.75, 3.05) is 0 Å². The third-order valence-electron chi connectivity index (χ3n) is 6.36. The minimum atomic E-state index is -0.733. The van der Waals surface area contributed by atoms with Crippen LogP contribution >= 0.6 is 0 Å². The van der Waals surface area contributed by atoms with E-state index < -0.39 is 42.1 Å². The Morgan fingerprint density at radius 3 is 2.09 bits per heavy atom. The lowest BCUT2D eigenvalue weighted by Crippen LogP contribution is -2.34. The third-order valence-corrected chi connectivity index (χ3v) is 6.36. The number of carbonyl (C=O) groups excluding carboxylic acids is 3. The van der Waals surface area contributed by atoms with Crippen LogP contribution in [0.4, 0.5) is 0 Å². The van der Waals surface area contributed by atoms with Crippen LogP contribution in [-0.4, -0.2) is 36.2 Å². The summed E-state index contributed by atoms with van der Waals surface area (Å²) in [6.45, 7) is 10.00. The van der Waals surface area contributed by atoms with Crippen LogP contribution in [0, 0.1) is 5.92 Å². The smallest absolute Gasteiger partial charge is 0.338 e. The molecule has 0 spiro atoms. The molecular formula is C29H28O6. The first-order chi connectivity index (χ1) is 16.8. The molecule has 4 rings (SSSR count). The highest BCUT2D eigenvalue weighted by Gasteiger charge is 2.45. The summed E-state index contributed by atoms with van der Waals surface area (Å²) >= 11 is 0. The molecule has 1 heterocycles. The van der Waals surface area contributed by atoms with E-state index in [0.29, 0.717) is 29.5 Å². The first-order valence-corrected chi connectivity index (χ1v) is 11.6. The minimum Gasteiger partial charge on any atom is -0.458 e. The van der Waals surface area contributed by atoms with E-state index >= 15 is 0 Å². The Bertz CT molecular complexity index is 1160. The summed E-state index contributed by atoms with van der Waals surface area (Å²) in [5.41, 5.74) is 2.68. The maximum atomic E-state index is 12.8. The number of carbonyl (C=O) groups is 3. The highest BCUT2D eigenvalue weighted by atomic mass is 16.6. The van der Waals surface area contributed by atoms with E-state index in [4.69, 9.17) is 14.2 Å². The maximum Gasteiger partial charge on any atom is 0.338 e. The van der Waals surface area contributed by atoms with Crippen molar-refractivity contribution < 1.29 is 28.6 Å². The Morgan fingerprint density at radius 1 is 0.914 bits per heavy atom. The lowest BCUT2D eigenvalue weighted by atomic mass is 9.84. The number of hydrogen-bond donors (Lipinski definition) is 0. The molecule has 1 fully saturated rings.